The summed E-state index contributed by atoms with van der Waals surface area (Å²) in [5, 5.41) is 8.32. The zero-order valence-corrected chi connectivity index (χ0v) is 16.5. The van der Waals surface area contributed by atoms with E-state index in [9.17, 15) is 0 Å². The summed E-state index contributed by atoms with van der Waals surface area (Å²) in [6.45, 7) is 4.93. The third-order valence-corrected chi connectivity index (χ3v) is 5.45. The number of methoxy groups -OCH3 is 1. The van der Waals surface area contributed by atoms with E-state index in [2.05, 4.69) is 39.4 Å². The van der Waals surface area contributed by atoms with Gasteiger partial charge in [-0.15, -0.1) is 5.10 Å². The molecule has 5 rings (SSSR count). The number of likely N-dealkylation sites (tertiary alicyclic amines) is 1. The normalized spacial score (nSPS) is 16.9. The van der Waals surface area contributed by atoms with Crippen LogP contribution in [0.1, 0.15) is 12.0 Å². The largest absolute Gasteiger partial charge is 0.497 e. The minimum Gasteiger partial charge on any atom is -0.497 e. The van der Waals surface area contributed by atoms with Crippen molar-refractivity contribution >= 4 is 6.01 Å². The van der Waals surface area contributed by atoms with Crippen LogP contribution in [0.25, 0.3) is 11.5 Å². The molecule has 0 saturated carbocycles. The minimum absolute atomic E-state index is 0.132. The fourth-order valence-electron chi connectivity index (χ4n) is 3.53. The molecule has 1 aromatic heterocycles. The topological polar surface area (TPSA) is 63.9 Å². The maximum atomic E-state index is 6.06. The van der Waals surface area contributed by atoms with E-state index in [4.69, 9.17) is 13.9 Å². The molecule has 2 aliphatic rings. The Morgan fingerprint density at radius 3 is 2.34 bits per heavy atom. The number of rotatable bonds is 7. The molecule has 0 aliphatic carbocycles. The van der Waals surface area contributed by atoms with Crippen LogP contribution in [-0.4, -0.2) is 54.5 Å². The molecule has 0 unspecified atom stereocenters. The van der Waals surface area contributed by atoms with Gasteiger partial charge in [0.1, 0.15) is 17.6 Å². The highest BCUT2D eigenvalue weighted by molar-refractivity contribution is 5.55. The molecule has 7 nitrogen and oxygen atoms in total. The molecular weight excluding hydrogens is 368 g/mol. The van der Waals surface area contributed by atoms with Crippen LogP contribution in [0, 0.1) is 0 Å². The maximum absolute atomic E-state index is 6.06. The van der Waals surface area contributed by atoms with Crippen LogP contribution < -0.4 is 14.4 Å². The molecule has 29 heavy (non-hydrogen) atoms. The Morgan fingerprint density at radius 2 is 1.69 bits per heavy atom. The highest BCUT2D eigenvalue weighted by Crippen LogP contribution is 2.28. The summed E-state index contributed by atoms with van der Waals surface area (Å²) in [6, 6.07) is 16.5. The molecule has 0 bridgehead atoms. The standard InChI is InChI=1S/C22H24N4O3/c1-27-18-9-5-17(6-10-18)21-23-24-22(29-21)26-14-20(15-26)28-19-7-3-16(4-8-19)13-25-11-2-12-25/h3-10,20H,2,11-15H2,1H3. The van der Waals surface area contributed by atoms with Gasteiger partial charge in [0, 0.05) is 12.1 Å². The number of anilines is 1. The molecule has 0 atom stereocenters. The van der Waals surface area contributed by atoms with Crippen molar-refractivity contribution in [3.63, 3.8) is 0 Å². The Hall–Kier alpha value is -3.06. The molecule has 0 spiro atoms. The predicted octanol–water partition coefficient (Wildman–Crippen LogP) is 3.22. The van der Waals surface area contributed by atoms with Crippen molar-refractivity contribution in [1.82, 2.24) is 15.1 Å². The molecule has 7 heteroatoms. The zero-order valence-electron chi connectivity index (χ0n) is 16.5. The van der Waals surface area contributed by atoms with Gasteiger partial charge in [-0.25, -0.2) is 0 Å². The smallest absolute Gasteiger partial charge is 0.318 e. The lowest BCUT2D eigenvalue weighted by Crippen LogP contribution is -2.54. The lowest BCUT2D eigenvalue weighted by Gasteiger charge is -2.37. The molecule has 3 aromatic rings. The molecule has 2 fully saturated rings. The number of nitrogens with zero attached hydrogens (tertiary/aromatic N) is 4. The fraction of sp³-hybridized carbons (Fsp3) is 0.364. The van der Waals surface area contributed by atoms with Crippen LogP contribution in [0.4, 0.5) is 6.01 Å². The van der Waals surface area contributed by atoms with Crippen LogP contribution in [0.2, 0.25) is 0 Å². The van der Waals surface area contributed by atoms with Crippen molar-refractivity contribution in [1.29, 1.82) is 0 Å². The van der Waals surface area contributed by atoms with Gasteiger partial charge >= 0.3 is 6.01 Å². The first-order valence-electron chi connectivity index (χ1n) is 9.98. The molecule has 2 aromatic carbocycles. The van der Waals surface area contributed by atoms with Crippen molar-refractivity contribution in [2.24, 2.45) is 0 Å². The van der Waals surface area contributed by atoms with Gasteiger partial charge in [0.15, 0.2) is 0 Å². The molecule has 0 radical (unpaired) electrons. The highest BCUT2D eigenvalue weighted by Gasteiger charge is 2.32. The van der Waals surface area contributed by atoms with E-state index in [1.54, 1.807) is 7.11 Å². The second-order valence-electron chi connectivity index (χ2n) is 7.54. The number of hydrogen-bond donors (Lipinski definition) is 0. The quantitative estimate of drug-likeness (QED) is 0.612. The number of hydrogen-bond acceptors (Lipinski definition) is 7. The summed E-state index contributed by atoms with van der Waals surface area (Å²) in [7, 11) is 1.64. The van der Waals surface area contributed by atoms with Gasteiger partial charge in [-0.3, -0.25) is 4.90 Å². The Labute approximate surface area is 169 Å². The monoisotopic (exact) mass is 392 g/mol. The van der Waals surface area contributed by atoms with Gasteiger partial charge in [-0.1, -0.05) is 17.2 Å². The average molecular weight is 392 g/mol. The third kappa shape index (κ3) is 3.91. The summed E-state index contributed by atoms with van der Waals surface area (Å²) in [5.74, 6) is 2.21. The van der Waals surface area contributed by atoms with Crippen LogP contribution in [0.15, 0.2) is 52.9 Å². The second kappa shape index (κ2) is 7.75. The first kappa shape index (κ1) is 18.0. The predicted molar refractivity (Wildman–Crippen MR) is 109 cm³/mol. The van der Waals surface area contributed by atoms with Crippen molar-refractivity contribution in [2.45, 2.75) is 19.1 Å². The average Bonchev–Trinajstić information content (AvgIpc) is 3.18. The Balaban J connectivity index is 1.13. The van der Waals surface area contributed by atoms with Crippen LogP contribution in [-0.2, 0) is 6.54 Å². The van der Waals surface area contributed by atoms with Gasteiger partial charge in [0.25, 0.3) is 0 Å². The van der Waals surface area contributed by atoms with Crippen LogP contribution >= 0.6 is 0 Å². The fourth-order valence-corrected chi connectivity index (χ4v) is 3.53. The van der Waals surface area contributed by atoms with E-state index in [0.29, 0.717) is 11.9 Å². The first-order chi connectivity index (χ1) is 14.3. The number of benzene rings is 2. The van der Waals surface area contributed by atoms with Crippen molar-refractivity contribution in [3.05, 3.63) is 54.1 Å². The lowest BCUT2D eigenvalue weighted by molar-refractivity contribution is 0.161. The summed E-state index contributed by atoms with van der Waals surface area (Å²) < 4.78 is 17.1. The van der Waals surface area contributed by atoms with Gasteiger partial charge in [-0.05, 0) is 61.5 Å². The van der Waals surface area contributed by atoms with E-state index in [-0.39, 0.29) is 6.10 Å². The van der Waals surface area contributed by atoms with E-state index in [1.807, 2.05) is 29.2 Å². The minimum atomic E-state index is 0.132. The molecule has 0 amide bonds. The second-order valence-corrected chi connectivity index (χ2v) is 7.54. The van der Waals surface area contributed by atoms with E-state index in [1.165, 1.54) is 25.1 Å². The molecule has 0 N–H and O–H groups in total. The van der Waals surface area contributed by atoms with Crippen molar-refractivity contribution < 1.29 is 13.9 Å². The van der Waals surface area contributed by atoms with Crippen molar-refractivity contribution in [2.75, 3.05) is 38.2 Å². The summed E-state index contributed by atoms with van der Waals surface area (Å²) >= 11 is 0. The molecule has 2 saturated heterocycles. The number of aromatic nitrogens is 2. The third-order valence-electron chi connectivity index (χ3n) is 5.45. The van der Waals surface area contributed by atoms with Gasteiger partial charge in [0.05, 0.1) is 20.2 Å². The lowest BCUT2D eigenvalue weighted by atomic mass is 10.1. The van der Waals surface area contributed by atoms with E-state index in [0.717, 1.165) is 36.7 Å². The Morgan fingerprint density at radius 1 is 0.966 bits per heavy atom. The van der Waals surface area contributed by atoms with Gasteiger partial charge in [0.2, 0.25) is 5.89 Å². The van der Waals surface area contributed by atoms with Gasteiger partial charge < -0.3 is 18.8 Å². The highest BCUT2D eigenvalue weighted by atomic mass is 16.5. The molecule has 2 aliphatic heterocycles. The van der Waals surface area contributed by atoms with Crippen LogP contribution in [0.5, 0.6) is 11.5 Å². The summed E-state index contributed by atoms with van der Waals surface area (Å²) in [5.41, 5.74) is 2.21. The zero-order chi connectivity index (χ0) is 19.6. The first-order valence-corrected chi connectivity index (χ1v) is 9.98. The summed E-state index contributed by atoms with van der Waals surface area (Å²) in [4.78, 5) is 4.48. The molecule has 3 heterocycles. The van der Waals surface area contributed by atoms with Crippen molar-refractivity contribution in [3.8, 4) is 23.0 Å². The SMILES string of the molecule is COc1ccc(-c2nnc(N3CC(Oc4ccc(CN5CCC5)cc4)C3)o2)cc1. The van der Waals surface area contributed by atoms with Crippen LogP contribution in [0.3, 0.4) is 0 Å². The van der Waals surface area contributed by atoms with Gasteiger partial charge in [-0.2, -0.15) is 0 Å². The van der Waals surface area contributed by atoms with E-state index < -0.39 is 0 Å². The summed E-state index contributed by atoms with van der Waals surface area (Å²) in [6.07, 6.45) is 1.45. The Kier molecular flexibility index (Phi) is 4.81. The van der Waals surface area contributed by atoms with E-state index >= 15 is 0 Å². The molecular formula is C22H24N4O3. The number of ether oxygens (including phenoxy) is 2. The molecule has 150 valence electrons. The maximum Gasteiger partial charge on any atom is 0.318 e. The Bertz CT molecular complexity index is 945.